The molecule has 3 aromatic heterocycles. The summed E-state index contributed by atoms with van der Waals surface area (Å²) in [6, 6.07) is 43.3. The molecule has 0 saturated heterocycles. The molecule has 0 saturated carbocycles. The van der Waals surface area contributed by atoms with E-state index < -0.39 is 0 Å². The van der Waals surface area contributed by atoms with Gasteiger partial charge in [-0.2, -0.15) is 5.26 Å². The molecule has 0 fully saturated rings. The van der Waals surface area contributed by atoms with E-state index in [1.54, 1.807) is 0 Å². The summed E-state index contributed by atoms with van der Waals surface area (Å²) in [5.74, 6) is 1.71. The van der Waals surface area contributed by atoms with Gasteiger partial charge in [-0.3, -0.25) is 0 Å². The van der Waals surface area contributed by atoms with E-state index in [9.17, 15) is 5.26 Å². The van der Waals surface area contributed by atoms with Crippen molar-refractivity contribution >= 4 is 53.3 Å². The van der Waals surface area contributed by atoms with Crippen LogP contribution in [0.15, 0.2) is 115 Å². The Morgan fingerprint density at radius 1 is 0.571 bits per heavy atom. The minimum atomic E-state index is -0.0672. The third-order valence-corrected chi connectivity index (χ3v) is 12.0. The maximum Gasteiger partial charge on any atom is 0.166 e. The standard InChI is InChI=1S/C50H43N5S/c1-29-21-32(26-34(23-29)49(3,4)5)46-52-47(33-22-30(2)24-35(27-33)50(6,7)8)54-48(53-46)39-25-31(28-51)17-19-41(39)55-40-15-11-9-14-38(40)44-42(55)20-18-37-36-13-10-12-16-43(36)56-45(37)44/h9-27H,1-8H3. The highest BCUT2D eigenvalue weighted by Gasteiger charge is 2.24. The highest BCUT2D eigenvalue weighted by molar-refractivity contribution is 7.26. The highest BCUT2D eigenvalue weighted by atomic mass is 32.1. The van der Waals surface area contributed by atoms with Crippen molar-refractivity contribution in [1.29, 1.82) is 5.26 Å². The van der Waals surface area contributed by atoms with E-state index in [0.717, 1.165) is 44.5 Å². The zero-order valence-electron chi connectivity index (χ0n) is 33.1. The third kappa shape index (κ3) is 6.04. The number of nitriles is 1. The molecule has 274 valence electrons. The number of fused-ring (bicyclic) bond motifs is 7. The number of hydrogen-bond acceptors (Lipinski definition) is 5. The minimum absolute atomic E-state index is 0.0672. The molecule has 0 N–H and O–H groups in total. The van der Waals surface area contributed by atoms with E-state index in [-0.39, 0.29) is 10.8 Å². The Labute approximate surface area is 332 Å². The zero-order chi connectivity index (χ0) is 39.1. The van der Waals surface area contributed by atoms with Crippen molar-refractivity contribution in [2.45, 2.75) is 66.2 Å². The van der Waals surface area contributed by atoms with Crippen LogP contribution in [0.2, 0.25) is 0 Å². The van der Waals surface area contributed by atoms with Crippen LogP contribution in [-0.4, -0.2) is 19.5 Å². The molecule has 6 heteroatoms. The Hall–Kier alpha value is -6.16. The fraction of sp³-hybridized carbons (Fsp3) is 0.200. The molecule has 56 heavy (non-hydrogen) atoms. The number of para-hydroxylation sites is 1. The number of nitrogens with zero attached hydrogens (tertiary/aromatic N) is 5. The largest absolute Gasteiger partial charge is 0.308 e. The third-order valence-electron chi connectivity index (χ3n) is 10.8. The SMILES string of the molecule is Cc1cc(-c2nc(-c3cc(C)cc(C(C)(C)C)c3)nc(-c3cc(C#N)ccc3-n3c4ccccc4c4c5sc6ccccc6c5ccc43)n2)cc(C(C)(C)C)c1. The number of rotatable bonds is 4. The summed E-state index contributed by atoms with van der Waals surface area (Å²) in [7, 11) is 0. The van der Waals surface area contributed by atoms with Gasteiger partial charge < -0.3 is 4.57 Å². The van der Waals surface area contributed by atoms with Gasteiger partial charge in [-0.15, -0.1) is 11.3 Å². The maximum absolute atomic E-state index is 10.3. The first-order valence-electron chi connectivity index (χ1n) is 19.2. The summed E-state index contributed by atoms with van der Waals surface area (Å²) in [6.07, 6.45) is 0. The van der Waals surface area contributed by atoms with Crippen LogP contribution in [0.5, 0.6) is 0 Å². The first-order valence-corrected chi connectivity index (χ1v) is 20.0. The van der Waals surface area contributed by atoms with Crippen LogP contribution in [0.25, 0.3) is 81.8 Å². The summed E-state index contributed by atoms with van der Waals surface area (Å²) in [4.78, 5) is 15.8. The summed E-state index contributed by atoms with van der Waals surface area (Å²) in [5.41, 5.74) is 10.8. The Bertz CT molecular complexity index is 3010. The Morgan fingerprint density at radius 3 is 1.79 bits per heavy atom. The molecular weight excluding hydrogens is 703 g/mol. The van der Waals surface area contributed by atoms with Gasteiger partial charge in [0.2, 0.25) is 0 Å². The van der Waals surface area contributed by atoms with Crippen LogP contribution >= 0.6 is 11.3 Å². The zero-order valence-corrected chi connectivity index (χ0v) is 33.9. The van der Waals surface area contributed by atoms with Crippen molar-refractivity contribution in [3.05, 3.63) is 143 Å². The summed E-state index contributed by atoms with van der Waals surface area (Å²) >= 11 is 1.84. The number of hydrogen-bond donors (Lipinski definition) is 0. The summed E-state index contributed by atoms with van der Waals surface area (Å²) < 4.78 is 4.86. The van der Waals surface area contributed by atoms with Crippen LogP contribution < -0.4 is 0 Å². The Morgan fingerprint density at radius 2 is 1.16 bits per heavy atom. The van der Waals surface area contributed by atoms with Crippen molar-refractivity contribution in [1.82, 2.24) is 19.5 Å². The molecular formula is C50H43N5S. The molecule has 6 aromatic carbocycles. The number of aryl methyl sites for hydroxylation is 2. The summed E-state index contributed by atoms with van der Waals surface area (Å²) in [5, 5.41) is 15.2. The quantitative estimate of drug-likeness (QED) is 0.180. The lowest BCUT2D eigenvalue weighted by Crippen LogP contribution is -2.12. The van der Waals surface area contributed by atoms with Gasteiger partial charge in [-0.1, -0.05) is 107 Å². The normalized spacial score (nSPS) is 12.3. The lowest BCUT2D eigenvalue weighted by molar-refractivity contribution is 0.589. The van der Waals surface area contributed by atoms with Crippen molar-refractivity contribution in [3.63, 3.8) is 0 Å². The van der Waals surface area contributed by atoms with E-state index in [1.807, 2.05) is 29.5 Å². The van der Waals surface area contributed by atoms with Gasteiger partial charge in [0.05, 0.1) is 28.4 Å². The number of benzene rings is 6. The molecule has 5 nitrogen and oxygen atoms in total. The van der Waals surface area contributed by atoms with Gasteiger partial charge in [0.25, 0.3) is 0 Å². The van der Waals surface area contributed by atoms with Crippen LogP contribution in [-0.2, 0) is 10.8 Å². The van der Waals surface area contributed by atoms with E-state index in [4.69, 9.17) is 15.0 Å². The second-order valence-corrected chi connectivity index (χ2v) is 18.2. The van der Waals surface area contributed by atoms with Crippen molar-refractivity contribution in [2.24, 2.45) is 0 Å². The topological polar surface area (TPSA) is 67.4 Å². The van der Waals surface area contributed by atoms with Gasteiger partial charge in [0, 0.05) is 47.6 Å². The first-order chi connectivity index (χ1) is 26.8. The lowest BCUT2D eigenvalue weighted by atomic mass is 9.85. The average Bonchev–Trinajstić information content (AvgIpc) is 3.72. The molecule has 9 rings (SSSR count). The van der Waals surface area contributed by atoms with E-state index >= 15 is 0 Å². The van der Waals surface area contributed by atoms with Crippen molar-refractivity contribution in [2.75, 3.05) is 0 Å². The average molecular weight is 746 g/mol. The molecule has 0 aliphatic carbocycles. The predicted octanol–water partition coefficient (Wildman–Crippen LogP) is 13.4. The van der Waals surface area contributed by atoms with Gasteiger partial charge in [0.15, 0.2) is 17.5 Å². The Balaban J connectivity index is 1.36. The highest BCUT2D eigenvalue weighted by Crippen LogP contribution is 2.44. The second kappa shape index (κ2) is 13.0. The molecule has 0 atom stereocenters. The van der Waals surface area contributed by atoms with Gasteiger partial charge >= 0.3 is 0 Å². The van der Waals surface area contributed by atoms with Crippen LogP contribution in [0, 0.1) is 25.2 Å². The van der Waals surface area contributed by atoms with Crippen LogP contribution in [0.4, 0.5) is 0 Å². The second-order valence-electron chi connectivity index (χ2n) is 17.1. The number of aromatic nitrogens is 4. The molecule has 0 bridgehead atoms. The lowest BCUT2D eigenvalue weighted by Gasteiger charge is -2.21. The van der Waals surface area contributed by atoms with Gasteiger partial charge in [0.1, 0.15) is 0 Å². The molecule has 0 aliphatic rings. The van der Waals surface area contributed by atoms with E-state index in [0.29, 0.717) is 23.0 Å². The molecule has 0 amide bonds. The molecule has 0 unspecified atom stereocenters. The van der Waals surface area contributed by atoms with Crippen molar-refractivity contribution < 1.29 is 0 Å². The molecule has 3 heterocycles. The van der Waals surface area contributed by atoms with E-state index in [1.165, 1.54) is 42.1 Å². The van der Waals surface area contributed by atoms with Crippen LogP contribution in [0.1, 0.15) is 69.4 Å². The Kier molecular flexibility index (Phi) is 8.23. The first kappa shape index (κ1) is 35.5. The van der Waals surface area contributed by atoms with Gasteiger partial charge in [-0.25, -0.2) is 15.0 Å². The van der Waals surface area contributed by atoms with E-state index in [2.05, 4.69) is 163 Å². The van der Waals surface area contributed by atoms with Gasteiger partial charge in [-0.05, 0) is 96.5 Å². The molecule has 9 aromatic rings. The molecule has 0 radical (unpaired) electrons. The molecule has 0 spiro atoms. The number of thiophene rings is 1. The maximum atomic E-state index is 10.3. The fourth-order valence-electron chi connectivity index (χ4n) is 7.92. The monoisotopic (exact) mass is 745 g/mol. The van der Waals surface area contributed by atoms with Crippen LogP contribution in [0.3, 0.4) is 0 Å². The summed E-state index contributed by atoms with van der Waals surface area (Å²) in [6.45, 7) is 17.6. The molecule has 0 aliphatic heterocycles. The smallest absolute Gasteiger partial charge is 0.166 e. The van der Waals surface area contributed by atoms with Crippen molar-refractivity contribution in [3.8, 4) is 45.9 Å². The minimum Gasteiger partial charge on any atom is -0.308 e. The predicted molar refractivity (Wildman–Crippen MR) is 235 cm³/mol. The fourth-order valence-corrected chi connectivity index (χ4v) is 9.18.